The van der Waals surface area contributed by atoms with Gasteiger partial charge in [-0.25, -0.2) is 4.98 Å². The van der Waals surface area contributed by atoms with Gasteiger partial charge >= 0.3 is 0 Å². The molecule has 1 fully saturated rings. The molecule has 2 unspecified atom stereocenters. The van der Waals surface area contributed by atoms with E-state index >= 15 is 0 Å². The van der Waals surface area contributed by atoms with E-state index in [9.17, 15) is 0 Å². The van der Waals surface area contributed by atoms with Crippen molar-refractivity contribution in [1.82, 2.24) is 15.2 Å². The first-order chi connectivity index (χ1) is 8.97. The predicted molar refractivity (Wildman–Crippen MR) is 82.8 cm³/mol. The lowest BCUT2D eigenvalue weighted by Gasteiger charge is -2.34. The molecule has 0 aliphatic carbocycles. The predicted octanol–water partition coefficient (Wildman–Crippen LogP) is 3.14. The summed E-state index contributed by atoms with van der Waals surface area (Å²) in [4.78, 5) is 8.37. The first kappa shape index (κ1) is 14.9. The molecule has 1 aromatic heterocycles. The number of thiazole rings is 1. The smallest absolute Gasteiger partial charge is 0.0900 e. The molecule has 2 heterocycles. The monoisotopic (exact) mass is 281 g/mol. The summed E-state index contributed by atoms with van der Waals surface area (Å²) in [7, 11) is 2.22. The van der Waals surface area contributed by atoms with Crippen LogP contribution in [0.4, 0.5) is 0 Å². The van der Waals surface area contributed by atoms with Crippen LogP contribution in [0.3, 0.4) is 0 Å². The molecule has 1 aliphatic heterocycles. The molecule has 2 rings (SSSR count). The van der Waals surface area contributed by atoms with E-state index in [1.807, 2.05) is 11.3 Å². The molecule has 1 aromatic rings. The third-order valence-electron chi connectivity index (χ3n) is 4.32. The third kappa shape index (κ3) is 3.77. The average molecular weight is 281 g/mol. The fraction of sp³-hybridized carbons (Fsp3) is 0.800. The standard InChI is InChI=1S/C15H27N3S/c1-10(14-6-8-18(5)9-7-14)16-11(2)15-12(3)17-13(4)19-15/h10-11,14,16H,6-9H2,1-5H3. The number of piperidine rings is 1. The number of nitrogens with zero attached hydrogens (tertiary/aromatic N) is 2. The summed E-state index contributed by atoms with van der Waals surface area (Å²) in [5, 5.41) is 4.96. The Kier molecular flexibility index (Phi) is 4.98. The molecular weight excluding hydrogens is 254 g/mol. The molecule has 0 spiro atoms. The maximum absolute atomic E-state index is 4.53. The molecule has 4 heteroatoms. The Morgan fingerprint density at radius 2 is 1.89 bits per heavy atom. The summed E-state index contributed by atoms with van der Waals surface area (Å²) in [6.07, 6.45) is 2.64. The summed E-state index contributed by atoms with van der Waals surface area (Å²) in [5.41, 5.74) is 1.19. The summed E-state index contributed by atoms with van der Waals surface area (Å²) < 4.78 is 0. The number of aromatic nitrogens is 1. The first-order valence-electron chi connectivity index (χ1n) is 7.36. The highest BCUT2D eigenvalue weighted by molar-refractivity contribution is 7.11. The van der Waals surface area contributed by atoms with E-state index in [0.29, 0.717) is 12.1 Å². The van der Waals surface area contributed by atoms with Crippen molar-refractivity contribution in [2.45, 2.75) is 52.6 Å². The lowest BCUT2D eigenvalue weighted by molar-refractivity contribution is 0.185. The Hall–Kier alpha value is -0.450. The zero-order valence-corrected chi connectivity index (χ0v) is 13.7. The molecule has 3 nitrogen and oxygen atoms in total. The lowest BCUT2D eigenvalue weighted by Crippen LogP contribution is -2.41. The van der Waals surface area contributed by atoms with Crippen LogP contribution in [-0.4, -0.2) is 36.1 Å². The number of nitrogens with one attached hydrogen (secondary N) is 1. The van der Waals surface area contributed by atoms with Gasteiger partial charge in [0.25, 0.3) is 0 Å². The molecule has 0 saturated carbocycles. The van der Waals surface area contributed by atoms with E-state index in [2.05, 4.69) is 49.9 Å². The Morgan fingerprint density at radius 3 is 2.42 bits per heavy atom. The van der Waals surface area contributed by atoms with Crippen LogP contribution in [0.5, 0.6) is 0 Å². The van der Waals surface area contributed by atoms with Crippen LogP contribution in [0.25, 0.3) is 0 Å². The van der Waals surface area contributed by atoms with Crippen LogP contribution >= 0.6 is 11.3 Å². The van der Waals surface area contributed by atoms with Gasteiger partial charge in [0, 0.05) is 17.0 Å². The van der Waals surface area contributed by atoms with Gasteiger partial charge in [0.05, 0.1) is 10.7 Å². The average Bonchev–Trinajstić information content (AvgIpc) is 2.69. The van der Waals surface area contributed by atoms with Crippen LogP contribution in [0, 0.1) is 19.8 Å². The SMILES string of the molecule is Cc1nc(C)c(C(C)NC(C)C2CCN(C)CC2)s1. The lowest BCUT2D eigenvalue weighted by atomic mass is 9.90. The van der Waals surface area contributed by atoms with Crippen LogP contribution in [-0.2, 0) is 0 Å². The van der Waals surface area contributed by atoms with Gasteiger partial charge in [-0.1, -0.05) is 0 Å². The minimum Gasteiger partial charge on any atom is -0.307 e. The highest BCUT2D eigenvalue weighted by Crippen LogP contribution is 2.27. The fourth-order valence-electron chi connectivity index (χ4n) is 3.08. The second-order valence-electron chi connectivity index (χ2n) is 6.00. The van der Waals surface area contributed by atoms with Crippen molar-refractivity contribution in [3.8, 4) is 0 Å². The second-order valence-corrected chi connectivity index (χ2v) is 7.24. The minimum atomic E-state index is 0.417. The van der Waals surface area contributed by atoms with Gasteiger partial charge in [0.1, 0.15) is 0 Å². The number of rotatable bonds is 4. The quantitative estimate of drug-likeness (QED) is 0.919. The van der Waals surface area contributed by atoms with Crippen LogP contribution in [0.15, 0.2) is 0 Å². The topological polar surface area (TPSA) is 28.2 Å². The Labute approximate surface area is 121 Å². The summed E-state index contributed by atoms with van der Waals surface area (Å²) in [5.74, 6) is 0.813. The van der Waals surface area contributed by atoms with E-state index in [-0.39, 0.29) is 0 Å². The van der Waals surface area contributed by atoms with Gasteiger partial charge in [0.2, 0.25) is 0 Å². The van der Waals surface area contributed by atoms with E-state index in [1.165, 1.54) is 41.5 Å². The number of aryl methyl sites for hydroxylation is 2. The molecule has 1 aliphatic rings. The summed E-state index contributed by atoms with van der Waals surface area (Å²) >= 11 is 1.83. The number of hydrogen-bond acceptors (Lipinski definition) is 4. The van der Waals surface area contributed by atoms with E-state index in [4.69, 9.17) is 0 Å². The van der Waals surface area contributed by atoms with Crippen molar-refractivity contribution in [2.24, 2.45) is 5.92 Å². The molecule has 108 valence electrons. The van der Waals surface area contributed by atoms with Gasteiger partial charge in [-0.05, 0) is 66.6 Å². The highest BCUT2D eigenvalue weighted by atomic mass is 32.1. The van der Waals surface area contributed by atoms with Gasteiger partial charge in [-0.3, -0.25) is 0 Å². The fourth-order valence-corrected chi connectivity index (χ4v) is 4.02. The van der Waals surface area contributed by atoms with Crippen molar-refractivity contribution in [2.75, 3.05) is 20.1 Å². The zero-order valence-electron chi connectivity index (χ0n) is 12.9. The normalized spacial score (nSPS) is 21.5. The van der Waals surface area contributed by atoms with Gasteiger partial charge in [-0.15, -0.1) is 11.3 Å². The molecular formula is C15H27N3S. The maximum atomic E-state index is 4.53. The van der Waals surface area contributed by atoms with E-state index in [1.54, 1.807) is 0 Å². The molecule has 2 atom stereocenters. The Bertz CT molecular complexity index is 408. The minimum absolute atomic E-state index is 0.417. The van der Waals surface area contributed by atoms with Crippen LogP contribution in [0.1, 0.15) is 48.3 Å². The van der Waals surface area contributed by atoms with Gasteiger partial charge in [0.15, 0.2) is 0 Å². The van der Waals surface area contributed by atoms with E-state index in [0.717, 1.165) is 5.92 Å². The molecule has 1 N–H and O–H groups in total. The largest absolute Gasteiger partial charge is 0.307 e. The second kappa shape index (κ2) is 6.33. The van der Waals surface area contributed by atoms with Crippen molar-refractivity contribution >= 4 is 11.3 Å². The molecule has 0 aromatic carbocycles. The molecule has 0 bridgehead atoms. The molecule has 19 heavy (non-hydrogen) atoms. The zero-order chi connectivity index (χ0) is 14.0. The third-order valence-corrected chi connectivity index (χ3v) is 5.57. The molecule has 0 amide bonds. The Morgan fingerprint density at radius 1 is 1.26 bits per heavy atom. The number of hydrogen-bond donors (Lipinski definition) is 1. The summed E-state index contributed by atoms with van der Waals surface area (Å²) in [6.45, 7) is 11.3. The van der Waals surface area contributed by atoms with Crippen LogP contribution in [0.2, 0.25) is 0 Å². The molecule has 0 radical (unpaired) electrons. The van der Waals surface area contributed by atoms with Crippen molar-refractivity contribution in [3.05, 3.63) is 15.6 Å². The van der Waals surface area contributed by atoms with Gasteiger partial charge in [-0.2, -0.15) is 0 Å². The summed E-state index contributed by atoms with van der Waals surface area (Å²) in [6, 6.07) is 1.01. The number of likely N-dealkylation sites (tertiary alicyclic amines) is 1. The van der Waals surface area contributed by atoms with Gasteiger partial charge < -0.3 is 10.2 Å². The Balaban J connectivity index is 1.91. The van der Waals surface area contributed by atoms with E-state index < -0.39 is 0 Å². The van der Waals surface area contributed by atoms with Crippen LogP contribution < -0.4 is 5.32 Å². The van der Waals surface area contributed by atoms with Crippen molar-refractivity contribution < 1.29 is 0 Å². The molecule has 1 saturated heterocycles. The maximum Gasteiger partial charge on any atom is 0.0900 e. The van der Waals surface area contributed by atoms with Crippen molar-refractivity contribution in [3.63, 3.8) is 0 Å². The highest BCUT2D eigenvalue weighted by Gasteiger charge is 2.24. The first-order valence-corrected chi connectivity index (χ1v) is 8.17. The van der Waals surface area contributed by atoms with Crippen molar-refractivity contribution in [1.29, 1.82) is 0 Å².